The van der Waals surface area contributed by atoms with E-state index in [1.54, 1.807) is 26.1 Å². The molecule has 1 atom stereocenters. The smallest absolute Gasteiger partial charge is 0.218 e. The van der Waals surface area contributed by atoms with Crippen LogP contribution in [0.1, 0.15) is 26.3 Å². The van der Waals surface area contributed by atoms with Gasteiger partial charge >= 0.3 is 0 Å². The highest BCUT2D eigenvalue weighted by molar-refractivity contribution is 7.89. The van der Waals surface area contributed by atoms with Crippen molar-refractivity contribution in [3.8, 4) is 0 Å². The van der Waals surface area contributed by atoms with E-state index >= 15 is 0 Å². The summed E-state index contributed by atoms with van der Waals surface area (Å²) in [6.07, 6.45) is 0. The summed E-state index contributed by atoms with van der Waals surface area (Å²) in [5, 5.41) is 2.62. The molecular formula is C14H23FN2O2S. The van der Waals surface area contributed by atoms with Crippen LogP contribution in [0.3, 0.4) is 0 Å². The molecule has 1 aromatic rings. The van der Waals surface area contributed by atoms with Crippen molar-refractivity contribution in [2.45, 2.75) is 38.6 Å². The van der Waals surface area contributed by atoms with Crippen molar-refractivity contribution in [3.05, 3.63) is 35.6 Å². The van der Waals surface area contributed by atoms with Crippen molar-refractivity contribution in [2.75, 3.05) is 13.6 Å². The molecule has 1 rings (SSSR count). The van der Waals surface area contributed by atoms with Gasteiger partial charge in [0.1, 0.15) is 5.82 Å². The predicted molar refractivity (Wildman–Crippen MR) is 79.4 cm³/mol. The number of hydrogen-bond acceptors (Lipinski definition) is 3. The van der Waals surface area contributed by atoms with E-state index < -0.39 is 15.3 Å². The van der Waals surface area contributed by atoms with Gasteiger partial charge in [-0.15, -0.1) is 0 Å². The zero-order valence-electron chi connectivity index (χ0n) is 12.4. The van der Waals surface area contributed by atoms with Gasteiger partial charge in [0.2, 0.25) is 10.0 Å². The van der Waals surface area contributed by atoms with Gasteiger partial charge in [-0.05, 0) is 24.6 Å². The molecule has 0 saturated heterocycles. The summed E-state index contributed by atoms with van der Waals surface area (Å²) >= 11 is 0. The quantitative estimate of drug-likeness (QED) is 0.838. The minimum Gasteiger partial charge on any atom is -0.313 e. The number of halogens is 1. The summed E-state index contributed by atoms with van der Waals surface area (Å²) in [6, 6.07) is 6.10. The minimum atomic E-state index is -3.37. The van der Waals surface area contributed by atoms with E-state index in [0.29, 0.717) is 6.54 Å². The second-order valence-corrected chi connectivity index (χ2v) is 7.76. The van der Waals surface area contributed by atoms with Crippen LogP contribution < -0.4 is 5.32 Å². The lowest BCUT2D eigenvalue weighted by Crippen LogP contribution is -2.41. The van der Waals surface area contributed by atoms with Gasteiger partial charge in [-0.1, -0.05) is 26.0 Å². The second kappa shape index (κ2) is 7.15. The Morgan fingerprint density at radius 3 is 2.25 bits per heavy atom. The molecule has 0 aliphatic heterocycles. The Balaban J connectivity index is 2.68. The highest BCUT2D eigenvalue weighted by Gasteiger charge is 2.25. The Hall–Kier alpha value is -0.980. The fourth-order valence-corrected chi connectivity index (χ4v) is 3.00. The lowest BCUT2D eigenvalue weighted by molar-refractivity contribution is 0.450. The molecular weight excluding hydrogens is 279 g/mol. The molecule has 0 spiro atoms. The van der Waals surface area contributed by atoms with Crippen molar-refractivity contribution in [3.63, 3.8) is 0 Å². The Kier molecular flexibility index (Phi) is 6.10. The Bertz CT molecular complexity index is 514. The predicted octanol–water partition coefficient (Wildman–Crippen LogP) is 1.97. The van der Waals surface area contributed by atoms with Crippen LogP contribution >= 0.6 is 0 Å². The summed E-state index contributed by atoms with van der Waals surface area (Å²) < 4.78 is 38.8. The van der Waals surface area contributed by atoms with E-state index in [1.807, 2.05) is 13.8 Å². The molecule has 0 bridgehead atoms. The SMILES string of the molecule is CC(C)NCC(C)S(=O)(=O)N(C)Cc1ccc(F)cc1. The molecule has 0 amide bonds. The molecule has 1 N–H and O–H groups in total. The summed E-state index contributed by atoms with van der Waals surface area (Å²) in [5.41, 5.74) is 0.765. The zero-order valence-corrected chi connectivity index (χ0v) is 13.2. The van der Waals surface area contributed by atoms with Gasteiger partial charge in [0.05, 0.1) is 5.25 Å². The molecule has 0 aromatic heterocycles. The number of sulfonamides is 1. The third kappa shape index (κ3) is 4.85. The first-order chi connectivity index (χ1) is 9.23. The van der Waals surface area contributed by atoms with Crippen molar-refractivity contribution < 1.29 is 12.8 Å². The summed E-state index contributed by atoms with van der Waals surface area (Å²) in [4.78, 5) is 0. The summed E-state index contributed by atoms with van der Waals surface area (Å²) in [6.45, 7) is 6.29. The topological polar surface area (TPSA) is 49.4 Å². The maximum absolute atomic E-state index is 12.8. The first-order valence-electron chi connectivity index (χ1n) is 6.66. The molecule has 0 heterocycles. The minimum absolute atomic E-state index is 0.245. The van der Waals surface area contributed by atoms with Crippen LogP contribution in [0.4, 0.5) is 4.39 Å². The number of rotatable bonds is 7. The monoisotopic (exact) mass is 302 g/mol. The van der Waals surface area contributed by atoms with Gasteiger partial charge in [-0.25, -0.2) is 17.1 Å². The Labute approximate surface area is 121 Å². The first kappa shape index (κ1) is 17.1. The van der Waals surface area contributed by atoms with E-state index in [2.05, 4.69) is 5.32 Å². The van der Waals surface area contributed by atoms with Gasteiger partial charge in [0.25, 0.3) is 0 Å². The van der Waals surface area contributed by atoms with Crippen LogP contribution in [-0.2, 0) is 16.6 Å². The molecule has 0 saturated carbocycles. The number of benzene rings is 1. The fourth-order valence-electron chi connectivity index (χ4n) is 1.75. The van der Waals surface area contributed by atoms with Gasteiger partial charge < -0.3 is 5.32 Å². The second-order valence-electron chi connectivity index (χ2n) is 5.30. The third-order valence-corrected chi connectivity index (χ3v) is 5.26. The van der Waals surface area contributed by atoms with Crippen LogP contribution in [-0.4, -0.2) is 37.6 Å². The maximum Gasteiger partial charge on any atom is 0.218 e. The molecule has 0 aliphatic carbocycles. The van der Waals surface area contributed by atoms with Gasteiger partial charge in [-0.3, -0.25) is 0 Å². The highest BCUT2D eigenvalue weighted by atomic mass is 32.2. The molecule has 0 radical (unpaired) electrons. The Morgan fingerprint density at radius 1 is 1.20 bits per heavy atom. The summed E-state index contributed by atoms with van der Waals surface area (Å²) in [7, 11) is -1.82. The van der Waals surface area contributed by atoms with Crippen LogP contribution in [0.2, 0.25) is 0 Å². The van der Waals surface area contributed by atoms with Gasteiger partial charge in [0, 0.05) is 26.2 Å². The van der Waals surface area contributed by atoms with E-state index in [-0.39, 0.29) is 18.4 Å². The van der Waals surface area contributed by atoms with E-state index in [4.69, 9.17) is 0 Å². The normalized spacial score (nSPS) is 13.9. The lowest BCUT2D eigenvalue weighted by Gasteiger charge is -2.23. The van der Waals surface area contributed by atoms with Crippen molar-refractivity contribution in [1.29, 1.82) is 0 Å². The molecule has 1 unspecified atom stereocenters. The van der Waals surface area contributed by atoms with E-state index in [0.717, 1.165) is 5.56 Å². The first-order valence-corrected chi connectivity index (χ1v) is 8.16. The van der Waals surface area contributed by atoms with Crippen LogP contribution in [0.15, 0.2) is 24.3 Å². The molecule has 114 valence electrons. The molecule has 0 fully saturated rings. The van der Waals surface area contributed by atoms with Gasteiger partial charge in [0.15, 0.2) is 0 Å². The molecule has 4 nitrogen and oxygen atoms in total. The van der Waals surface area contributed by atoms with Crippen molar-refractivity contribution in [2.24, 2.45) is 0 Å². The standard InChI is InChI=1S/C14H23FN2O2S/c1-11(2)16-9-12(3)20(18,19)17(4)10-13-5-7-14(15)8-6-13/h5-8,11-12,16H,9-10H2,1-4H3. The largest absolute Gasteiger partial charge is 0.313 e. The Morgan fingerprint density at radius 2 is 1.75 bits per heavy atom. The number of hydrogen-bond donors (Lipinski definition) is 1. The van der Waals surface area contributed by atoms with Crippen LogP contribution in [0.25, 0.3) is 0 Å². The zero-order chi connectivity index (χ0) is 15.3. The number of nitrogens with one attached hydrogen (secondary N) is 1. The fraction of sp³-hybridized carbons (Fsp3) is 0.571. The van der Waals surface area contributed by atoms with Crippen molar-refractivity contribution >= 4 is 10.0 Å². The van der Waals surface area contributed by atoms with E-state index in [1.165, 1.54) is 16.4 Å². The number of nitrogens with zero attached hydrogens (tertiary/aromatic N) is 1. The maximum atomic E-state index is 12.8. The molecule has 20 heavy (non-hydrogen) atoms. The van der Waals surface area contributed by atoms with Gasteiger partial charge in [-0.2, -0.15) is 0 Å². The average Bonchev–Trinajstić information content (AvgIpc) is 2.38. The average molecular weight is 302 g/mol. The third-order valence-electron chi connectivity index (χ3n) is 3.07. The highest BCUT2D eigenvalue weighted by Crippen LogP contribution is 2.12. The van der Waals surface area contributed by atoms with Crippen LogP contribution in [0, 0.1) is 5.82 Å². The van der Waals surface area contributed by atoms with Crippen LogP contribution in [0.5, 0.6) is 0 Å². The molecule has 1 aromatic carbocycles. The lowest BCUT2D eigenvalue weighted by atomic mass is 10.2. The molecule has 0 aliphatic rings. The molecule has 6 heteroatoms. The van der Waals surface area contributed by atoms with Crippen molar-refractivity contribution in [1.82, 2.24) is 9.62 Å². The summed E-state index contributed by atoms with van der Waals surface area (Å²) in [5.74, 6) is -0.325. The van der Waals surface area contributed by atoms with E-state index in [9.17, 15) is 12.8 Å².